The molecule has 110 valence electrons. The molecular weight excluding hydrogens is 328 g/mol. The lowest BCUT2D eigenvalue weighted by Gasteiger charge is -2.15. The topological polar surface area (TPSA) is 23.6 Å². The Kier molecular flexibility index (Phi) is 4.68. The number of anilines is 2. The van der Waals surface area contributed by atoms with E-state index in [2.05, 4.69) is 15.9 Å². The summed E-state index contributed by atoms with van der Waals surface area (Å²) >= 11 is 3.52. The molecule has 0 aliphatic heterocycles. The monoisotopic (exact) mass is 346 g/mol. The highest BCUT2D eigenvalue weighted by Gasteiger charge is 2.12. The molecule has 2 rings (SSSR count). The van der Waals surface area contributed by atoms with Gasteiger partial charge in [-0.2, -0.15) is 0 Å². The number of rotatable bonds is 4. The van der Waals surface area contributed by atoms with Crippen molar-refractivity contribution in [3.05, 3.63) is 58.1 Å². The number of nitrogens with zero attached hydrogens (tertiary/aromatic N) is 2. The smallest absolute Gasteiger partial charge is 0.193 e. The molecule has 0 aromatic heterocycles. The van der Waals surface area contributed by atoms with E-state index in [9.17, 15) is 4.79 Å². The van der Waals surface area contributed by atoms with Crippen molar-refractivity contribution >= 4 is 33.1 Å². The van der Waals surface area contributed by atoms with Gasteiger partial charge in [0.25, 0.3) is 0 Å². The quantitative estimate of drug-likeness (QED) is 0.786. The van der Waals surface area contributed by atoms with E-state index in [1.807, 2.05) is 80.5 Å². The Labute approximate surface area is 134 Å². The average Bonchev–Trinajstić information content (AvgIpc) is 2.46. The first-order valence-electron chi connectivity index (χ1n) is 6.69. The molecule has 0 fully saturated rings. The van der Waals surface area contributed by atoms with Crippen LogP contribution in [-0.4, -0.2) is 34.0 Å². The van der Waals surface area contributed by atoms with Gasteiger partial charge in [-0.3, -0.25) is 4.79 Å². The van der Waals surface area contributed by atoms with Crippen LogP contribution < -0.4 is 9.80 Å². The van der Waals surface area contributed by atoms with Crippen LogP contribution in [0.3, 0.4) is 0 Å². The van der Waals surface area contributed by atoms with Crippen LogP contribution in [0.2, 0.25) is 0 Å². The first kappa shape index (κ1) is 15.6. The van der Waals surface area contributed by atoms with Gasteiger partial charge in [0.05, 0.1) is 5.69 Å². The molecule has 0 N–H and O–H groups in total. The van der Waals surface area contributed by atoms with Crippen LogP contribution in [0.4, 0.5) is 11.4 Å². The van der Waals surface area contributed by atoms with Gasteiger partial charge >= 0.3 is 0 Å². The van der Waals surface area contributed by atoms with Gasteiger partial charge < -0.3 is 9.80 Å². The number of hydrogen-bond donors (Lipinski definition) is 0. The van der Waals surface area contributed by atoms with E-state index in [0.717, 1.165) is 15.8 Å². The molecule has 0 unspecified atom stereocenters. The lowest BCUT2D eigenvalue weighted by atomic mass is 10.0. The molecule has 0 aliphatic carbocycles. The SMILES string of the molecule is CN(C)c1ccc(C(=O)c2ccc(N(C)C)c(Br)c2)cc1. The third-order valence-corrected chi connectivity index (χ3v) is 3.97. The van der Waals surface area contributed by atoms with E-state index in [0.29, 0.717) is 11.1 Å². The summed E-state index contributed by atoms with van der Waals surface area (Å²) < 4.78 is 0.920. The zero-order valence-corrected chi connectivity index (χ0v) is 14.3. The fraction of sp³-hybridized carbons (Fsp3) is 0.235. The molecule has 3 nitrogen and oxygen atoms in total. The second-order valence-corrected chi connectivity index (χ2v) is 6.19. The van der Waals surface area contributed by atoms with Crippen LogP contribution in [0, 0.1) is 0 Å². The Morgan fingerprint density at radius 3 is 1.90 bits per heavy atom. The van der Waals surface area contributed by atoms with Gasteiger partial charge in [-0.1, -0.05) is 0 Å². The summed E-state index contributed by atoms with van der Waals surface area (Å²) in [4.78, 5) is 16.5. The number of carbonyl (C=O) groups is 1. The van der Waals surface area contributed by atoms with Crippen molar-refractivity contribution in [2.45, 2.75) is 0 Å². The molecule has 0 spiro atoms. The summed E-state index contributed by atoms with van der Waals surface area (Å²) in [5.41, 5.74) is 3.51. The van der Waals surface area contributed by atoms with Gasteiger partial charge in [0.2, 0.25) is 0 Å². The van der Waals surface area contributed by atoms with Gasteiger partial charge in [0.15, 0.2) is 5.78 Å². The number of ketones is 1. The fourth-order valence-electron chi connectivity index (χ4n) is 2.09. The minimum atomic E-state index is 0.0336. The minimum absolute atomic E-state index is 0.0336. The van der Waals surface area contributed by atoms with E-state index in [4.69, 9.17) is 0 Å². The van der Waals surface area contributed by atoms with Gasteiger partial charge in [0.1, 0.15) is 0 Å². The molecule has 0 saturated carbocycles. The maximum atomic E-state index is 12.5. The lowest BCUT2D eigenvalue weighted by Crippen LogP contribution is -2.10. The molecule has 0 amide bonds. The highest BCUT2D eigenvalue weighted by Crippen LogP contribution is 2.27. The van der Waals surface area contributed by atoms with Crippen molar-refractivity contribution in [2.75, 3.05) is 38.0 Å². The van der Waals surface area contributed by atoms with E-state index in [1.54, 1.807) is 0 Å². The first-order valence-corrected chi connectivity index (χ1v) is 7.48. The van der Waals surface area contributed by atoms with Gasteiger partial charge in [-0.15, -0.1) is 0 Å². The van der Waals surface area contributed by atoms with Crippen LogP contribution in [0.25, 0.3) is 0 Å². The molecule has 0 atom stereocenters. The van der Waals surface area contributed by atoms with Crippen molar-refractivity contribution in [2.24, 2.45) is 0 Å². The van der Waals surface area contributed by atoms with Crippen molar-refractivity contribution in [3.63, 3.8) is 0 Å². The number of carbonyl (C=O) groups excluding carboxylic acids is 1. The summed E-state index contributed by atoms with van der Waals surface area (Å²) in [5.74, 6) is 0.0336. The molecule has 0 heterocycles. The summed E-state index contributed by atoms with van der Waals surface area (Å²) in [7, 11) is 7.91. The Balaban J connectivity index is 2.29. The maximum Gasteiger partial charge on any atom is 0.193 e. The Morgan fingerprint density at radius 2 is 1.43 bits per heavy atom. The van der Waals surface area contributed by atoms with E-state index < -0.39 is 0 Å². The lowest BCUT2D eigenvalue weighted by molar-refractivity contribution is 0.103. The first-order chi connectivity index (χ1) is 9.90. The fourth-order valence-corrected chi connectivity index (χ4v) is 2.82. The zero-order chi connectivity index (χ0) is 15.6. The zero-order valence-electron chi connectivity index (χ0n) is 12.7. The Bertz CT molecular complexity index is 648. The Hall–Kier alpha value is -1.81. The predicted octanol–water partition coefficient (Wildman–Crippen LogP) is 3.81. The third kappa shape index (κ3) is 3.45. The molecule has 0 saturated heterocycles. The van der Waals surface area contributed by atoms with Gasteiger partial charge in [-0.25, -0.2) is 0 Å². The Morgan fingerprint density at radius 1 is 0.857 bits per heavy atom. The van der Waals surface area contributed by atoms with Gasteiger partial charge in [-0.05, 0) is 58.4 Å². The number of benzene rings is 2. The highest BCUT2D eigenvalue weighted by molar-refractivity contribution is 9.10. The second-order valence-electron chi connectivity index (χ2n) is 5.33. The van der Waals surface area contributed by atoms with Crippen molar-refractivity contribution < 1.29 is 4.79 Å². The van der Waals surface area contributed by atoms with Crippen LogP contribution in [0.1, 0.15) is 15.9 Å². The minimum Gasteiger partial charge on any atom is -0.378 e. The molecular formula is C17H19BrN2O. The van der Waals surface area contributed by atoms with Crippen LogP contribution >= 0.6 is 15.9 Å². The largest absolute Gasteiger partial charge is 0.378 e. The summed E-state index contributed by atoms with van der Waals surface area (Å²) in [6.45, 7) is 0. The standard InChI is InChI=1S/C17H19BrN2O/c1-19(2)14-8-5-12(6-9-14)17(21)13-7-10-16(20(3)4)15(18)11-13/h5-11H,1-4H3. The number of hydrogen-bond acceptors (Lipinski definition) is 3. The second kappa shape index (κ2) is 6.31. The molecule has 0 radical (unpaired) electrons. The predicted molar refractivity (Wildman–Crippen MR) is 92.7 cm³/mol. The highest BCUT2D eigenvalue weighted by atomic mass is 79.9. The summed E-state index contributed by atoms with van der Waals surface area (Å²) in [6.07, 6.45) is 0. The molecule has 2 aromatic rings. The third-order valence-electron chi connectivity index (χ3n) is 3.34. The van der Waals surface area contributed by atoms with Crippen molar-refractivity contribution in [1.82, 2.24) is 0 Å². The molecule has 2 aromatic carbocycles. The van der Waals surface area contributed by atoms with Gasteiger partial charge in [0, 0.05) is 49.5 Å². The maximum absolute atomic E-state index is 12.5. The van der Waals surface area contributed by atoms with Crippen molar-refractivity contribution in [3.8, 4) is 0 Å². The van der Waals surface area contributed by atoms with E-state index >= 15 is 0 Å². The molecule has 0 bridgehead atoms. The van der Waals surface area contributed by atoms with E-state index in [1.165, 1.54) is 0 Å². The molecule has 0 aliphatic rings. The number of halogens is 1. The van der Waals surface area contributed by atoms with E-state index in [-0.39, 0.29) is 5.78 Å². The summed E-state index contributed by atoms with van der Waals surface area (Å²) in [5, 5.41) is 0. The molecule has 21 heavy (non-hydrogen) atoms. The van der Waals surface area contributed by atoms with Crippen molar-refractivity contribution in [1.29, 1.82) is 0 Å². The molecule has 4 heteroatoms. The average molecular weight is 347 g/mol. The van der Waals surface area contributed by atoms with Crippen LogP contribution in [0.15, 0.2) is 46.9 Å². The normalized spacial score (nSPS) is 10.3. The van der Waals surface area contributed by atoms with Crippen LogP contribution in [-0.2, 0) is 0 Å². The van der Waals surface area contributed by atoms with Crippen LogP contribution in [0.5, 0.6) is 0 Å². The summed E-state index contributed by atoms with van der Waals surface area (Å²) in [6, 6.07) is 13.3.